The molecule has 0 saturated carbocycles. The van der Waals surface area contributed by atoms with Crippen molar-refractivity contribution in [2.24, 2.45) is 5.92 Å². The molecule has 0 rings (SSSR count). The Hall–Kier alpha value is -0.860. The van der Waals surface area contributed by atoms with Crippen molar-refractivity contribution in [3.05, 3.63) is 0 Å². The van der Waals surface area contributed by atoms with Gasteiger partial charge in [-0.25, -0.2) is 0 Å². The molecular formula is C9H16O3. The summed E-state index contributed by atoms with van der Waals surface area (Å²) >= 11 is 0. The van der Waals surface area contributed by atoms with Crippen LogP contribution in [0.15, 0.2) is 0 Å². The van der Waals surface area contributed by atoms with Gasteiger partial charge in [0.25, 0.3) is 0 Å². The fraction of sp³-hybridized carbons (Fsp3) is 0.778. The monoisotopic (exact) mass is 172 g/mol. The highest BCUT2D eigenvalue weighted by molar-refractivity contribution is 5.69. The van der Waals surface area contributed by atoms with E-state index in [0.717, 1.165) is 12.7 Å². The third-order valence-electron chi connectivity index (χ3n) is 1.60. The minimum atomic E-state index is -0.170. The van der Waals surface area contributed by atoms with E-state index in [2.05, 4.69) is 0 Å². The van der Waals surface area contributed by atoms with E-state index in [4.69, 9.17) is 4.74 Å². The van der Waals surface area contributed by atoms with Gasteiger partial charge in [0.2, 0.25) is 0 Å². The zero-order chi connectivity index (χ0) is 9.40. The Morgan fingerprint density at radius 1 is 1.58 bits per heavy atom. The third-order valence-corrected chi connectivity index (χ3v) is 1.60. The molecule has 0 fully saturated rings. The molecule has 0 bridgehead atoms. The maximum Gasteiger partial charge on any atom is 0.306 e. The standard InChI is InChI=1S/C9H16O3/c1-3-12-9(11)7-8(2)5-4-6-10/h6,8H,3-5,7H2,1-2H3/t8-/m0/s1. The number of carbonyl (C=O) groups is 2. The summed E-state index contributed by atoms with van der Waals surface area (Å²) in [5.41, 5.74) is 0. The molecule has 0 aliphatic heterocycles. The summed E-state index contributed by atoms with van der Waals surface area (Å²) in [7, 11) is 0. The summed E-state index contributed by atoms with van der Waals surface area (Å²) in [5, 5.41) is 0. The molecule has 0 spiro atoms. The van der Waals surface area contributed by atoms with Crippen molar-refractivity contribution in [3.8, 4) is 0 Å². The molecular weight excluding hydrogens is 156 g/mol. The van der Waals surface area contributed by atoms with Gasteiger partial charge in [-0.15, -0.1) is 0 Å². The second-order valence-electron chi connectivity index (χ2n) is 2.86. The lowest BCUT2D eigenvalue weighted by molar-refractivity contribution is -0.144. The first-order valence-electron chi connectivity index (χ1n) is 4.30. The summed E-state index contributed by atoms with van der Waals surface area (Å²) in [6.07, 6.45) is 2.59. The average Bonchev–Trinajstić information content (AvgIpc) is 2.01. The fourth-order valence-corrected chi connectivity index (χ4v) is 0.959. The van der Waals surface area contributed by atoms with Gasteiger partial charge in [-0.2, -0.15) is 0 Å². The maximum atomic E-state index is 10.9. The van der Waals surface area contributed by atoms with E-state index in [-0.39, 0.29) is 11.9 Å². The Morgan fingerprint density at radius 2 is 2.25 bits per heavy atom. The van der Waals surface area contributed by atoms with Crippen molar-refractivity contribution in [1.29, 1.82) is 0 Å². The van der Waals surface area contributed by atoms with Crippen molar-refractivity contribution in [2.75, 3.05) is 6.61 Å². The quantitative estimate of drug-likeness (QED) is 0.451. The number of esters is 1. The minimum absolute atomic E-state index is 0.170. The summed E-state index contributed by atoms with van der Waals surface area (Å²) < 4.78 is 4.77. The molecule has 0 aliphatic rings. The normalized spacial score (nSPS) is 12.2. The van der Waals surface area contributed by atoms with Crippen LogP contribution in [0.4, 0.5) is 0 Å². The van der Waals surface area contributed by atoms with Crippen LogP contribution in [-0.2, 0) is 14.3 Å². The first kappa shape index (κ1) is 11.1. The van der Waals surface area contributed by atoms with Gasteiger partial charge in [0.1, 0.15) is 6.29 Å². The molecule has 0 aromatic rings. The molecule has 70 valence electrons. The third kappa shape index (κ3) is 5.89. The molecule has 0 N–H and O–H groups in total. The Labute approximate surface area is 73.1 Å². The predicted molar refractivity (Wildman–Crippen MR) is 45.7 cm³/mol. The van der Waals surface area contributed by atoms with Gasteiger partial charge in [0.15, 0.2) is 0 Å². The minimum Gasteiger partial charge on any atom is -0.466 e. The highest BCUT2D eigenvalue weighted by Gasteiger charge is 2.08. The molecule has 0 saturated heterocycles. The molecule has 0 aromatic carbocycles. The van der Waals surface area contributed by atoms with E-state index in [0.29, 0.717) is 19.4 Å². The highest BCUT2D eigenvalue weighted by Crippen LogP contribution is 2.09. The van der Waals surface area contributed by atoms with Crippen molar-refractivity contribution in [1.82, 2.24) is 0 Å². The largest absolute Gasteiger partial charge is 0.466 e. The van der Waals surface area contributed by atoms with E-state index >= 15 is 0 Å². The maximum absolute atomic E-state index is 10.9. The van der Waals surface area contributed by atoms with Gasteiger partial charge in [-0.1, -0.05) is 6.92 Å². The van der Waals surface area contributed by atoms with E-state index in [9.17, 15) is 9.59 Å². The van der Waals surface area contributed by atoms with Gasteiger partial charge in [0.05, 0.1) is 6.61 Å². The molecule has 0 aliphatic carbocycles. The molecule has 12 heavy (non-hydrogen) atoms. The van der Waals surface area contributed by atoms with Crippen LogP contribution >= 0.6 is 0 Å². The molecule has 0 radical (unpaired) electrons. The second kappa shape index (κ2) is 6.83. The van der Waals surface area contributed by atoms with Gasteiger partial charge in [-0.05, 0) is 19.3 Å². The van der Waals surface area contributed by atoms with E-state index in [1.807, 2.05) is 6.92 Å². The molecule has 1 atom stereocenters. The van der Waals surface area contributed by atoms with Gasteiger partial charge < -0.3 is 9.53 Å². The van der Waals surface area contributed by atoms with Crippen LogP contribution in [0.2, 0.25) is 0 Å². The number of hydrogen-bond donors (Lipinski definition) is 0. The van der Waals surface area contributed by atoms with E-state index < -0.39 is 0 Å². The van der Waals surface area contributed by atoms with Crippen molar-refractivity contribution in [2.45, 2.75) is 33.1 Å². The first-order chi connectivity index (χ1) is 5.70. The Morgan fingerprint density at radius 3 is 2.75 bits per heavy atom. The van der Waals surface area contributed by atoms with Crippen LogP contribution in [0, 0.1) is 5.92 Å². The zero-order valence-corrected chi connectivity index (χ0v) is 7.71. The lowest BCUT2D eigenvalue weighted by atomic mass is 10.0. The summed E-state index contributed by atoms with van der Waals surface area (Å²) in [5.74, 6) is 0.0742. The second-order valence-corrected chi connectivity index (χ2v) is 2.86. The molecule has 3 heteroatoms. The van der Waals surface area contributed by atoms with Crippen molar-refractivity contribution >= 4 is 12.3 Å². The summed E-state index contributed by atoms with van der Waals surface area (Å²) in [6, 6.07) is 0. The topological polar surface area (TPSA) is 43.4 Å². The number of ether oxygens (including phenoxy) is 1. The summed E-state index contributed by atoms with van der Waals surface area (Å²) in [4.78, 5) is 20.9. The number of hydrogen-bond acceptors (Lipinski definition) is 3. The van der Waals surface area contributed by atoms with E-state index in [1.165, 1.54) is 0 Å². The van der Waals surface area contributed by atoms with Crippen molar-refractivity contribution in [3.63, 3.8) is 0 Å². The van der Waals surface area contributed by atoms with Crippen LogP contribution in [-0.4, -0.2) is 18.9 Å². The lowest BCUT2D eigenvalue weighted by Gasteiger charge is -2.07. The SMILES string of the molecule is CCOC(=O)C[C@@H](C)CCC=O. The lowest BCUT2D eigenvalue weighted by Crippen LogP contribution is -2.09. The van der Waals surface area contributed by atoms with Gasteiger partial charge in [0, 0.05) is 12.8 Å². The van der Waals surface area contributed by atoms with Crippen LogP contribution in [0.25, 0.3) is 0 Å². The van der Waals surface area contributed by atoms with Crippen LogP contribution in [0.5, 0.6) is 0 Å². The summed E-state index contributed by atoms with van der Waals surface area (Å²) in [6.45, 7) is 4.16. The number of aldehydes is 1. The van der Waals surface area contributed by atoms with Crippen LogP contribution in [0.1, 0.15) is 33.1 Å². The number of carbonyl (C=O) groups excluding carboxylic acids is 2. The average molecular weight is 172 g/mol. The van der Waals surface area contributed by atoms with Gasteiger partial charge in [-0.3, -0.25) is 4.79 Å². The molecule has 0 amide bonds. The molecule has 0 unspecified atom stereocenters. The Kier molecular flexibility index (Phi) is 6.34. The van der Waals surface area contributed by atoms with Crippen LogP contribution in [0.3, 0.4) is 0 Å². The van der Waals surface area contributed by atoms with Crippen LogP contribution < -0.4 is 0 Å². The predicted octanol–water partition coefficient (Wildman–Crippen LogP) is 1.55. The highest BCUT2D eigenvalue weighted by atomic mass is 16.5. The van der Waals surface area contributed by atoms with E-state index in [1.54, 1.807) is 6.92 Å². The Balaban J connectivity index is 3.46. The first-order valence-corrected chi connectivity index (χ1v) is 4.30. The fourth-order valence-electron chi connectivity index (χ4n) is 0.959. The zero-order valence-electron chi connectivity index (χ0n) is 7.71. The van der Waals surface area contributed by atoms with Gasteiger partial charge >= 0.3 is 5.97 Å². The van der Waals surface area contributed by atoms with Crippen molar-refractivity contribution < 1.29 is 14.3 Å². The number of rotatable bonds is 6. The molecule has 3 nitrogen and oxygen atoms in total. The Bertz CT molecular complexity index is 143. The smallest absolute Gasteiger partial charge is 0.306 e. The molecule has 0 aromatic heterocycles. The molecule has 0 heterocycles.